The molecule has 2 aliphatic heterocycles. The third-order valence-electron chi connectivity index (χ3n) is 3.02. The van der Waals surface area contributed by atoms with Crippen LogP contribution in [0, 0.1) is 5.41 Å². The highest BCUT2D eigenvalue weighted by molar-refractivity contribution is 9.11. The molecular weight excluding hydrogens is 280 g/mol. The molecular formula is C8H9BrN4OS. The summed E-state index contributed by atoms with van der Waals surface area (Å²) in [6.07, 6.45) is 0.947. The molecule has 3 rings (SSSR count). The Labute approximate surface area is 99.0 Å². The Balaban J connectivity index is 1.73. The van der Waals surface area contributed by atoms with Gasteiger partial charge in [-0.2, -0.15) is 0 Å². The van der Waals surface area contributed by atoms with Crippen molar-refractivity contribution in [3.63, 3.8) is 0 Å². The van der Waals surface area contributed by atoms with Crippen LogP contribution in [0.3, 0.4) is 0 Å². The number of amides is 1. The van der Waals surface area contributed by atoms with E-state index in [-0.39, 0.29) is 11.3 Å². The molecule has 3 heterocycles. The van der Waals surface area contributed by atoms with Crippen LogP contribution in [0.25, 0.3) is 0 Å². The summed E-state index contributed by atoms with van der Waals surface area (Å²) in [7, 11) is 0. The van der Waals surface area contributed by atoms with Crippen molar-refractivity contribution in [3.05, 3.63) is 3.92 Å². The molecule has 0 bridgehead atoms. The molecule has 2 aliphatic rings. The fraction of sp³-hybridized carbons (Fsp3) is 0.625. The van der Waals surface area contributed by atoms with E-state index in [1.165, 1.54) is 11.3 Å². The molecule has 0 aromatic carbocycles. The van der Waals surface area contributed by atoms with E-state index in [2.05, 4.69) is 36.3 Å². The lowest BCUT2D eigenvalue weighted by Gasteiger charge is -2.45. The summed E-state index contributed by atoms with van der Waals surface area (Å²) in [5, 5.41) is 11.7. The third-order valence-corrected chi connectivity index (χ3v) is 4.43. The van der Waals surface area contributed by atoms with Gasteiger partial charge in [-0.1, -0.05) is 11.3 Å². The van der Waals surface area contributed by atoms with Crippen LogP contribution in [0.2, 0.25) is 0 Å². The minimum absolute atomic E-state index is 0.141. The third kappa shape index (κ3) is 1.37. The highest BCUT2D eigenvalue weighted by atomic mass is 79.9. The van der Waals surface area contributed by atoms with Crippen molar-refractivity contribution in [2.24, 2.45) is 5.41 Å². The number of nitrogens with zero attached hydrogens (tertiary/aromatic N) is 3. The predicted octanol–water partition coefficient (Wildman–Crippen LogP) is 0.627. The number of carbonyl (C=O) groups excluding carboxylic acids is 1. The van der Waals surface area contributed by atoms with E-state index in [9.17, 15) is 4.79 Å². The smallest absolute Gasteiger partial charge is 0.229 e. The summed E-state index contributed by atoms with van der Waals surface area (Å²) in [6, 6.07) is 0. The molecule has 0 unspecified atom stereocenters. The van der Waals surface area contributed by atoms with Gasteiger partial charge in [0.15, 0.2) is 3.92 Å². The van der Waals surface area contributed by atoms with Gasteiger partial charge in [0.05, 0.1) is 5.41 Å². The van der Waals surface area contributed by atoms with E-state index in [0.717, 1.165) is 35.1 Å². The second kappa shape index (κ2) is 3.15. The Morgan fingerprint density at radius 2 is 2.27 bits per heavy atom. The molecule has 15 heavy (non-hydrogen) atoms. The van der Waals surface area contributed by atoms with Gasteiger partial charge in [-0.15, -0.1) is 10.2 Å². The Hall–Kier alpha value is -0.690. The minimum atomic E-state index is -0.141. The van der Waals surface area contributed by atoms with Crippen LogP contribution in [0.5, 0.6) is 0 Å². The van der Waals surface area contributed by atoms with Gasteiger partial charge in [0, 0.05) is 19.6 Å². The number of rotatable bonds is 1. The van der Waals surface area contributed by atoms with E-state index in [1.54, 1.807) is 0 Å². The van der Waals surface area contributed by atoms with E-state index in [4.69, 9.17) is 0 Å². The highest BCUT2D eigenvalue weighted by Gasteiger charge is 2.52. The second-order valence-corrected chi connectivity index (χ2v) is 6.21. The van der Waals surface area contributed by atoms with Gasteiger partial charge in [-0.3, -0.25) is 4.79 Å². The Kier molecular flexibility index (Phi) is 2.00. The van der Waals surface area contributed by atoms with Crippen LogP contribution in [0.4, 0.5) is 5.13 Å². The van der Waals surface area contributed by atoms with E-state index in [0.29, 0.717) is 0 Å². The van der Waals surface area contributed by atoms with Crippen LogP contribution in [-0.2, 0) is 4.79 Å². The molecule has 1 aromatic heterocycles. The number of hydrogen-bond donors (Lipinski definition) is 1. The lowest BCUT2D eigenvalue weighted by atomic mass is 9.79. The van der Waals surface area contributed by atoms with Crippen molar-refractivity contribution in [2.75, 3.05) is 24.5 Å². The molecule has 0 atom stereocenters. The molecule has 1 N–H and O–H groups in total. The first kappa shape index (κ1) is 9.53. The fourth-order valence-corrected chi connectivity index (χ4v) is 3.25. The molecule has 80 valence electrons. The number of anilines is 1. The fourth-order valence-electron chi connectivity index (χ4n) is 2.16. The zero-order chi connectivity index (χ0) is 10.5. The average molecular weight is 289 g/mol. The van der Waals surface area contributed by atoms with Crippen molar-refractivity contribution < 1.29 is 4.79 Å². The normalized spacial score (nSPS) is 23.0. The van der Waals surface area contributed by atoms with Crippen molar-refractivity contribution in [1.29, 1.82) is 0 Å². The average Bonchev–Trinajstić information content (AvgIpc) is 2.69. The summed E-state index contributed by atoms with van der Waals surface area (Å²) in [6.45, 7) is 2.37. The summed E-state index contributed by atoms with van der Waals surface area (Å²) in [5.41, 5.74) is -0.141. The first-order chi connectivity index (χ1) is 7.20. The Morgan fingerprint density at radius 3 is 2.80 bits per heavy atom. The van der Waals surface area contributed by atoms with Crippen LogP contribution >= 0.6 is 27.3 Å². The van der Waals surface area contributed by atoms with Crippen LogP contribution in [-0.4, -0.2) is 35.7 Å². The first-order valence-electron chi connectivity index (χ1n) is 4.72. The number of halogens is 1. The van der Waals surface area contributed by atoms with Crippen LogP contribution in [0.15, 0.2) is 3.92 Å². The van der Waals surface area contributed by atoms with Gasteiger partial charge >= 0.3 is 0 Å². The lowest BCUT2D eigenvalue weighted by molar-refractivity contribution is -0.128. The van der Waals surface area contributed by atoms with Gasteiger partial charge in [0.1, 0.15) is 0 Å². The van der Waals surface area contributed by atoms with Gasteiger partial charge in [0.25, 0.3) is 0 Å². The molecule has 5 nitrogen and oxygen atoms in total. The van der Waals surface area contributed by atoms with Gasteiger partial charge in [-0.25, -0.2) is 0 Å². The largest absolute Gasteiger partial charge is 0.355 e. The number of aromatic nitrogens is 2. The number of carbonyl (C=O) groups is 1. The molecule has 1 amide bonds. The molecule has 0 saturated carbocycles. The van der Waals surface area contributed by atoms with Gasteiger partial charge < -0.3 is 10.2 Å². The van der Waals surface area contributed by atoms with Gasteiger partial charge in [0.2, 0.25) is 11.0 Å². The zero-order valence-corrected chi connectivity index (χ0v) is 10.3. The van der Waals surface area contributed by atoms with Crippen molar-refractivity contribution >= 4 is 38.3 Å². The second-order valence-electron chi connectivity index (χ2n) is 3.98. The molecule has 2 saturated heterocycles. The van der Waals surface area contributed by atoms with Gasteiger partial charge in [-0.05, 0) is 22.4 Å². The lowest BCUT2D eigenvalue weighted by Crippen LogP contribution is -2.59. The Morgan fingerprint density at radius 1 is 1.47 bits per heavy atom. The van der Waals surface area contributed by atoms with Crippen molar-refractivity contribution in [1.82, 2.24) is 15.5 Å². The zero-order valence-electron chi connectivity index (χ0n) is 7.86. The summed E-state index contributed by atoms with van der Waals surface area (Å²) >= 11 is 4.78. The summed E-state index contributed by atoms with van der Waals surface area (Å²) in [5.74, 6) is 0.197. The van der Waals surface area contributed by atoms with E-state index >= 15 is 0 Å². The van der Waals surface area contributed by atoms with Crippen LogP contribution in [0.1, 0.15) is 6.42 Å². The molecule has 1 aromatic rings. The summed E-state index contributed by atoms with van der Waals surface area (Å²) in [4.78, 5) is 13.7. The molecule has 1 spiro atoms. The molecule has 0 aliphatic carbocycles. The highest BCUT2D eigenvalue weighted by Crippen LogP contribution is 2.41. The maximum Gasteiger partial charge on any atom is 0.229 e. The Bertz CT molecular complexity index is 415. The topological polar surface area (TPSA) is 58.1 Å². The maximum absolute atomic E-state index is 11.6. The maximum atomic E-state index is 11.6. The first-order valence-corrected chi connectivity index (χ1v) is 6.33. The van der Waals surface area contributed by atoms with Crippen molar-refractivity contribution in [3.8, 4) is 0 Å². The molecule has 0 radical (unpaired) electrons. The van der Waals surface area contributed by atoms with Crippen molar-refractivity contribution in [2.45, 2.75) is 6.42 Å². The van der Waals surface area contributed by atoms with E-state index < -0.39 is 0 Å². The quantitative estimate of drug-likeness (QED) is 0.823. The standard InChI is InChI=1S/C8H9BrN4OS/c9-6-11-12-7(15-6)13-3-8(4-13)1-2-10-5(8)14/h1-4H2,(H,10,14). The monoisotopic (exact) mass is 288 g/mol. The summed E-state index contributed by atoms with van der Waals surface area (Å²) < 4.78 is 0.786. The minimum Gasteiger partial charge on any atom is -0.355 e. The predicted molar refractivity (Wildman–Crippen MR) is 59.9 cm³/mol. The SMILES string of the molecule is O=C1NCCC12CN(c1nnc(Br)s1)C2. The molecule has 2 fully saturated rings. The molecule has 7 heteroatoms. The number of nitrogens with one attached hydrogen (secondary N) is 1. The number of hydrogen-bond acceptors (Lipinski definition) is 5. The van der Waals surface area contributed by atoms with Crippen LogP contribution < -0.4 is 10.2 Å². The van der Waals surface area contributed by atoms with E-state index in [1.807, 2.05) is 0 Å².